The number of halogens is 1. The minimum atomic E-state index is 0.873. The molecule has 0 N–H and O–H groups in total. The van der Waals surface area contributed by atoms with Gasteiger partial charge >= 0.3 is 0 Å². The van der Waals surface area contributed by atoms with E-state index in [9.17, 15) is 0 Å². The molecule has 0 radical (unpaired) electrons. The molecule has 3 nitrogen and oxygen atoms in total. The number of hydrogen-bond donors (Lipinski definition) is 0. The van der Waals surface area contributed by atoms with Gasteiger partial charge in [-0.2, -0.15) is 0 Å². The van der Waals surface area contributed by atoms with Crippen LogP contribution in [0.3, 0.4) is 0 Å². The third-order valence-corrected chi connectivity index (χ3v) is 6.36. The van der Waals surface area contributed by atoms with Crippen LogP contribution in [-0.2, 0) is 12.3 Å². The zero-order valence-electron chi connectivity index (χ0n) is 13.3. The molecular formula is C17H18BrN3S2. The first-order chi connectivity index (χ1) is 11.1. The van der Waals surface area contributed by atoms with E-state index in [2.05, 4.69) is 75.0 Å². The molecular weight excluding hydrogens is 390 g/mol. The predicted molar refractivity (Wildman–Crippen MR) is 102 cm³/mol. The van der Waals surface area contributed by atoms with E-state index < -0.39 is 0 Å². The van der Waals surface area contributed by atoms with Gasteiger partial charge in [0, 0.05) is 32.6 Å². The SMILES string of the molecule is CCn1c(SCc2cccc(Br)c2)nnc1-c1csc(C)c1C. The molecule has 0 aliphatic heterocycles. The molecule has 120 valence electrons. The molecule has 6 heteroatoms. The fraction of sp³-hybridized carbons (Fsp3) is 0.294. The molecule has 0 fully saturated rings. The lowest BCUT2D eigenvalue weighted by molar-refractivity contribution is 0.687. The van der Waals surface area contributed by atoms with Gasteiger partial charge in [-0.05, 0) is 44.0 Å². The van der Waals surface area contributed by atoms with E-state index in [0.29, 0.717) is 0 Å². The van der Waals surface area contributed by atoms with E-state index in [1.54, 1.807) is 23.1 Å². The van der Waals surface area contributed by atoms with Crippen molar-refractivity contribution < 1.29 is 0 Å². The third kappa shape index (κ3) is 3.54. The van der Waals surface area contributed by atoms with Crippen molar-refractivity contribution in [3.8, 4) is 11.4 Å². The van der Waals surface area contributed by atoms with Crippen LogP contribution in [0.25, 0.3) is 11.4 Å². The van der Waals surface area contributed by atoms with Crippen LogP contribution in [0.2, 0.25) is 0 Å². The van der Waals surface area contributed by atoms with Crippen molar-refractivity contribution in [2.45, 2.75) is 38.2 Å². The van der Waals surface area contributed by atoms with E-state index in [1.807, 2.05) is 6.07 Å². The van der Waals surface area contributed by atoms with Crippen LogP contribution in [0.4, 0.5) is 0 Å². The highest BCUT2D eigenvalue weighted by Gasteiger charge is 2.16. The first-order valence-corrected chi connectivity index (χ1v) is 10.1. The van der Waals surface area contributed by atoms with Gasteiger partial charge in [-0.1, -0.05) is 39.8 Å². The molecule has 2 heterocycles. The molecule has 0 atom stereocenters. The van der Waals surface area contributed by atoms with Gasteiger partial charge in [0.25, 0.3) is 0 Å². The fourth-order valence-corrected chi connectivity index (χ4v) is 4.64. The molecule has 0 aliphatic carbocycles. The lowest BCUT2D eigenvalue weighted by Gasteiger charge is -2.07. The summed E-state index contributed by atoms with van der Waals surface area (Å²) < 4.78 is 3.31. The van der Waals surface area contributed by atoms with Crippen molar-refractivity contribution >= 4 is 39.0 Å². The quantitative estimate of drug-likeness (QED) is 0.508. The van der Waals surface area contributed by atoms with Gasteiger partial charge in [-0.15, -0.1) is 21.5 Å². The van der Waals surface area contributed by atoms with Gasteiger partial charge < -0.3 is 4.57 Å². The van der Waals surface area contributed by atoms with Crippen molar-refractivity contribution in [3.05, 3.63) is 50.1 Å². The van der Waals surface area contributed by atoms with E-state index >= 15 is 0 Å². The molecule has 23 heavy (non-hydrogen) atoms. The topological polar surface area (TPSA) is 30.7 Å². The Morgan fingerprint density at radius 2 is 2.09 bits per heavy atom. The Bertz CT molecular complexity index is 823. The van der Waals surface area contributed by atoms with E-state index in [-0.39, 0.29) is 0 Å². The van der Waals surface area contributed by atoms with Gasteiger partial charge in [-0.3, -0.25) is 0 Å². The first kappa shape index (κ1) is 16.7. The number of thiophene rings is 1. The molecule has 0 amide bonds. The maximum atomic E-state index is 4.45. The summed E-state index contributed by atoms with van der Waals surface area (Å²) in [6, 6.07) is 8.39. The Morgan fingerprint density at radius 1 is 1.26 bits per heavy atom. The lowest BCUT2D eigenvalue weighted by atomic mass is 10.1. The molecule has 2 aromatic heterocycles. The molecule has 3 rings (SSSR count). The second-order valence-corrected chi connectivity index (χ2v) is 8.24. The summed E-state index contributed by atoms with van der Waals surface area (Å²) in [5.74, 6) is 1.87. The maximum absolute atomic E-state index is 4.45. The summed E-state index contributed by atoms with van der Waals surface area (Å²) >= 11 is 7.03. The molecule has 0 bridgehead atoms. The van der Waals surface area contributed by atoms with Gasteiger partial charge in [-0.25, -0.2) is 0 Å². The predicted octanol–water partition coefficient (Wildman–Crippen LogP) is 5.70. The monoisotopic (exact) mass is 407 g/mol. The van der Waals surface area contributed by atoms with Gasteiger partial charge in [0.15, 0.2) is 11.0 Å². The van der Waals surface area contributed by atoms with Crippen LogP contribution in [-0.4, -0.2) is 14.8 Å². The Morgan fingerprint density at radius 3 is 2.74 bits per heavy atom. The lowest BCUT2D eigenvalue weighted by Crippen LogP contribution is -2.00. The molecule has 0 unspecified atom stereocenters. The van der Waals surface area contributed by atoms with Crippen LogP contribution in [0.1, 0.15) is 22.9 Å². The average Bonchev–Trinajstić information content (AvgIpc) is 3.09. The van der Waals surface area contributed by atoms with Crippen molar-refractivity contribution in [1.29, 1.82) is 0 Å². The van der Waals surface area contributed by atoms with E-state index in [1.165, 1.54) is 21.6 Å². The summed E-state index contributed by atoms with van der Waals surface area (Å²) in [5, 5.41) is 12.0. The van der Waals surface area contributed by atoms with E-state index in [0.717, 1.165) is 27.8 Å². The highest BCUT2D eigenvalue weighted by atomic mass is 79.9. The number of hydrogen-bond acceptors (Lipinski definition) is 4. The summed E-state index contributed by atoms with van der Waals surface area (Å²) in [4.78, 5) is 1.34. The Hall–Kier alpha value is -1.11. The largest absolute Gasteiger partial charge is 0.302 e. The summed E-state index contributed by atoms with van der Waals surface area (Å²) in [6.07, 6.45) is 0. The number of aryl methyl sites for hydroxylation is 1. The zero-order chi connectivity index (χ0) is 16.4. The summed E-state index contributed by atoms with van der Waals surface area (Å²) in [5.41, 5.74) is 3.79. The first-order valence-electron chi connectivity index (χ1n) is 7.45. The number of rotatable bonds is 5. The standard InChI is InChI=1S/C17H18BrN3S2/c1-4-21-16(15-10-22-12(3)11(15)2)19-20-17(21)23-9-13-6-5-7-14(18)8-13/h5-8,10H,4,9H2,1-3H3. The number of nitrogens with zero attached hydrogens (tertiary/aromatic N) is 3. The molecule has 1 aromatic carbocycles. The van der Waals surface area contributed by atoms with Crippen LogP contribution >= 0.6 is 39.0 Å². The van der Waals surface area contributed by atoms with Crippen molar-refractivity contribution in [1.82, 2.24) is 14.8 Å². The number of aromatic nitrogens is 3. The Kier molecular flexibility index (Phi) is 5.24. The van der Waals surface area contributed by atoms with Crippen LogP contribution in [0.15, 0.2) is 39.3 Å². The zero-order valence-corrected chi connectivity index (χ0v) is 16.6. The Balaban J connectivity index is 1.85. The third-order valence-electron chi connectivity index (χ3n) is 3.82. The second kappa shape index (κ2) is 7.20. The average molecular weight is 408 g/mol. The van der Waals surface area contributed by atoms with Crippen LogP contribution in [0, 0.1) is 13.8 Å². The van der Waals surface area contributed by atoms with Gasteiger partial charge in [0.2, 0.25) is 0 Å². The molecule has 3 aromatic rings. The highest BCUT2D eigenvalue weighted by Crippen LogP contribution is 2.32. The van der Waals surface area contributed by atoms with Crippen molar-refractivity contribution in [2.75, 3.05) is 0 Å². The summed E-state index contributed by atoms with van der Waals surface area (Å²) in [6.45, 7) is 7.32. The second-order valence-electron chi connectivity index (χ2n) is 5.30. The molecule has 0 saturated heterocycles. The van der Waals surface area contributed by atoms with E-state index in [4.69, 9.17) is 0 Å². The van der Waals surface area contributed by atoms with Crippen molar-refractivity contribution in [2.24, 2.45) is 0 Å². The summed E-state index contributed by atoms with van der Waals surface area (Å²) in [7, 11) is 0. The molecule has 0 saturated carbocycles. The minimum absolute atomic E-state index is 0.873. The maximum Gasteiger partial charge on any atom is 0.191 e. The number of thioether (sulfide) groups is 1. The van der Waals surface area contributed by atoms with Crippen LogP contribution < -0.4 is 0 Å². The number of benzene rings is 1. The van der Waals surface area contributed by atoms with Crippen molar-refractivity contribution in [3.63, 3.8) is 0 Å². The smallest absolute Gasteiger partial charge is 0.191 e. The van der Waals surface area contributed by atoms with Crippen LogP contribution in [0.5, 0.6) is 0 Å². The highest BCUT2D eigenvalue weighted by molar-refractivity contribution is 9.10. The normalized spacial score (nSPS) is 11.1. The Labute approximate surface area is 153 Å². The van der Waals surface area contributed by atoms with Gasteiger partial charge in [0.05, 0.1) is 0 Å². The molecule has 0 aliphatic rings. The fourth-order valence-electron chi connectivity index (χ4n) is 2.39. The minimum Gasteiger partial charge on any atom is -0.302 e. The molecule has 0 spiro atoms. The van der Waals surface area contributed by atoms with Gasteiger partial charge in [0.1, 0.15) is 0 Å².